The summed E-state index contributed by atoms with van der Waals surface area (Å²) < 4.78 is 7.64. The third-order valence-corrected chi connectivity index (χ3v) is 4.17. The van der Waals surface area contributed by atoms with Gasteiger partial charge < -0.3 is 10.1 Å². The molecule has 6 heteroatoms. The summed E-state index contributed by atoms with van der Waals surface area (Å²) in [5.41, 5.74) is 0.962. The van der Waals surface area contributed by atoms with Crippen LogP contribution in [0, 0.1) is 0 Å². The average Bonchev–Trinajstić information content (AvgIpc) is 2.42. The van der Waals surface area contributed by atoms with Gasteiger partial charge in [-0.05, 0) is 39.7 Å². The van der Waals surface area contributed by atoms with E-state index in [2.05, 4.69) is 56.0 Å². The van der Waals surface area contributed by atoms with Crippen molar-refractivity contribution in [2.24, 2.45) is 0 Å². The first kappa shape index (κ1) is 16.7. The van der Waals surface area contributed by atoms with Crippen molar-refractivity contribution in [3.63, 3.8) is 0 Å². The Labute approximate surface area is 146 Å². The average molecular weight is 435 g/mol. The van der Waals surface area contributed by atoms with Crippen LogP contribution in [0.1, 0.15) is 19.4 Å². The van der Waals surface area contributed by atoms with E-state index >= 15 is 0 Å². The summed E-state index contributed by atoms with van der Waals surface area (Å²) in [7, 11) is 0. The minimum atomic E-state index is 0.388. The molecule has 0 radical (unpaired) electrons. The zero-order valence-electron chi connectivity index (χ0n) is 11.7. The molecule has 0 aliphatic rings. The highest BCUT2D eigenvalue weighted by Gasteiger charge is 2.08. The first-order valence-electron chi connectivity index (χ1n) is 6.46. The standard InChI is InChI=1S/C15H15Br2ClN2O/c1-9(2)19-7-10-5-15(20-8-13(10)18)21-14-4-3-11(16)6-12(14)17/h3-6,8-9,19H,7H2,1-2H3. The number of rotatable bonds is 5. The summed E-state index contributed by atoms with van der Waals surface area (Å²) in [5.74, 6) is 1.22. The fraction of sp³-hybridized carbons (Fsp3) is 0.267. The monoisotopic (exact) mass is 432 g/mol. The second-order valence-electron chi connectivity index (χ2n) is 4.83. The molecule has 112 valence electrons. The number of pyridine rings is 1. The Kier molecular flexibility index (Phi) is 6.05. The number of nitrogens with zero attached hydrogens (tertiary/aromatic N) is 1. The number of hydrogen-bond acceptors (Lipinski definition) is 3. The van der Waals surface area contributed by atoms with E-state index in [-0.39, 0.29) is 0 Å². The van der Waals surface area contributed by atoms with Crippen LogP contribution in [0.3, 0.4) is 0 Å². The largest absolute Gasteiger partial charge is 0.438 e. The number of aromatic nitrogens is 1. The maximum absolute atomic E-state index is 6.16. The summed E-state index contributed by atoms with van der Waals surface area (Å²) >= 11 is 13.0. The van der Waals surface area contributed by atoms with Crippen LogP contribution < -0.4 is 10.1 Å². The Balaban J connectivity index is 2.18. The van der Waals surface area contributed by atoms with E-state index in [9.17, 15) is 0 Å². The molecule has 0 saturated heterocycles. The van der Waals surface area contributed by atoms with Crippen LogP contribution in [-0.2, 0) is 6.54 Å². The lowest BCUT2D eigenvalue weighted by Gasteiger charge is -2.12. The molecule has 1 aromatic carbocycles. The summed E-state index contributed by atoms with van der Waals surface area (Å²) in [6.45, 7) is 4.85. The van der Waals surface area contributed by atoms with Crippen molar-refractivity contribution in [1.82, 2.24) is 10.3 Å². The molecular weight excluding hydrogens is 419 g/mol. The molecule has 0 aliphatic heterocycles. The van der Waals surface area contributed by atoms with Crippen molar-refractivity contribution in [3.05, 3.63) is 50.0 Å². The molecule has 3 nitrogen and oxygen atoms in total. The summed E-state index contributed by atoms with van der Waals surface area (Å²) in [5, 5.41) is 3.96. The van der Waals surface area contributed by atoms with Crippen LogP contribution in [0.2, 0.25) is 5.02 Å². The lowest BCUT2D eigenvalue weighted by atomic mass is 10.2. The Hall–Kier alpha value is -0.620. The SMILES string of the molecule is CC(C)NCc1cc(Oc2ccc(Br)cc2Br)ncc1Cl. The third-order valence-electron chi connectivity index (χ3n) is 2.72. The van der Waals surface area contributed by atoms with E-state index in [0.29, 0.717) is 29.2 Å². The molecule has 0 saturated carbocycles. The van der Waals surface area contributed by atoms with Gasteiger partial charge in [-0.1, -0.05) is 41.4 Å². The third kappa shape index (κ3) is 4.95. The van der Waals surface area contributed by atoms with E-state index < -0.39 is 0 Å². The molecule has 0 amide bonds. The molecule has 1 aromatic heterocycles. The van der Waals surface area contributed by atoms with Gasteiger partial charge in [0.25, 0.3) is 0 Å². The molecule has 0 fully saturated rings. The van der Waals surface area contributed by atoms with E-state index in [1.165, 1.54) is 0 Å². The van der Waals surface area contributed by atoms with Crippen molar-refractivity contribution < 1.29 is 4.74 Å². The van der Waals surface area contributed by atoms with Crippen molar-refractivity contribution >= 4 is 43.5 Å². The molecule has 21 heavy (non-hydrogen) atoms. The number of halogens is 3. The van der Waals surface area contributed by atoms with Crippen LogP contribution in [-0.4, -0.2) is 11.0 Å². The van der Waals surface area contributed by atoms with Crippen molar-refractivity contribution in [3.8, 4) is 11.6 Å². The van der Waals surface area contributed by atoms with E-state index in [1.807, 2.05) is 24.3 Å². The fourth-order valence-electron chi connectivity index (χ4n) is 1.63. The smallest absolute Gasteiger partial charge is 0.219 e. The first-order valence-corrected chi connectivity index (χ1v) is 8.43. The Bertz CT molecular complexity index is 635. The van der Waals surface area contributed by atoms with Gasteiger partial charge in [0, 0.05) is 29.3 Å². The zero-order valence-corrected chi connectivity index (χ0v) is 15.6. The van der Waals surface area contributed by atoms with Gasteiger partial charge in [0.1, 0.15) is 5.75 Å². The molecule has 1 N–H and O–H groups in total. The van der Waals surface area contributed by atoms with Gasteiger partial charge in [-0.25, -0.2) is 4.98 Å². The minimum absolute atomic E-state index is 0.388. The van der Waals surface area contributed by atoms with Crippen LogP contribution >= 0.6 is 43.5 Å². The summed E-state index contributed by atoms with van der Waals surface area (Å²) in [4.78, 5) is 4.21. The zero-order chi connectivity index (χ0) is 15.4. The topological polar surface area (TPSA) is 34.1 Å². The van der Waals surface area contributed by atoms with E-state index in [4.69, 9.17) is 16.3 Å². The first-order chi connectivity index (χ1) is 9.95. The van der Waals surface area contributed by atoms with Crippen molar-refractivity contribution in [1.29, 1.82) is 0 Å². The Morgan fingerprint density at radius 3 is 2.71 bits per heavy atom. The van der Waals surface area contributed by atoms with Gasteiger partial charge in [0.15, 0.2) is 0 Å². The Morgan fingerprint density at radius 2 is 2.05 bits per heavy atom. The number of benzene rings is 1. The van der Waals surface area contributed by atoms with E-state index in [1.54, 1.807) is 6.20 Å². The van der Waals surface area contributed by atoms with Crippen LogP contribution in [0.4, 0.5) is 0 Å². The predicted molar refractivity (Wildman–Crippen MR) is 93.1 cm³/mol. The highest BCUT2D eigenvalue weighted by molar-refractivity contribution is 9.11. The molecule has 0 unspecified atom stereocenters. The molecular formula is C15H15Br2ClN2O. The second kappa shape index (κ2) is 7.58. The number of ether oxygens (including phenoxy) is 1. The van der Waals surface area contributed by atoms with Crippen molar-refractivity contribution in [2.75, 3.05) is 0 Å². The molecule has 2 aromatic rings. The molecule has 0 atom stereocenters. The molecule has 0 bridgehead atoms. The van der Waals surface area contributed by atoms with Gasteiger partial charge in [-0.2, -0.15) is 0 Å². The van der Waals surface area contributed by atoms with Gasteiger partial charge in [0.05, 0.1) is 9.50 Å². The van der Waals surface area contributed by atoms with Crippen LogP contribution in [0.15, 0.2) is 39.4 Å². The minimum Gasteiger partial charge on any atom is -0.438 e. The molecule has 0 spiro atoms. The van der Waals surface area contributed by atoms with Crippen LogP contribution in [0.25, 0.3) is 0 Å². The number of hydrogen-bond donors (Lipinski definition) is 1. The molecule has 0 aliphatic carbocycles. The van der Waals surface area contributed by atoms with Gasteiger partial charge in [0.2, 0.25) is 5.88 Å². The lowest BCUT2D eigenvalue weighted by molar-refractivity contribution is 0.458. The maximum Gasteiger partial charge on any atom is 0.219 e. The van der Waals surface area contributed by atoms with Crippen molar-refractivity contribution in [2.45, 2.75) is 26.4 Å². The van der Waals surface area contributed by atoms with Crippen LogP contribution in [0.5, 0.6) is 11.6 Å². The predicted octanol–water partition coefficient (Wildman–Crippen LogP) is 5.55. The summed E-state index contributed by atoms with van der Waals surface area (Å²) in [6.07, 6.45) is 1.61. The molecule has 2 rings (SSSR count). The van der Waals surface area contributed by atoms with Gasteiger partial charge in [-0.3, -0.25) is 0 Å². The van der Waals surface area contributed by atoms with Gasteiger partial charge in [-0.15, -0.1) is 0 Å². The quantitative estimate of drug-likeness (QED) is 0.670. The maximum atomic E-state index is 6.16. The van der Waals surface area contributed by atoms with Gasteiger partial charge >= 0.3 is 0 Å². The molecule has 1 heterocycles. The second-order valence-corrected chi connectivity index (χ2v) is 7.00. The fourth-order valence-corrected chi connectivity index (χ4v) is 2.93. The normalized spacial score (nSPS) is 11.0. The summed E-state index contributed by atoms with van der Waals surface area (Å²) in [6, 6.07) is 7.95. The highest BCUT2D eigenvalue weighted by Crippen LogP contribution is 2.32. The highest BCUT2D eigenvalue weighted by atomic mass is 79.9. The number of nitrogens with one attached hydrogen (secondary N) is 1. The van der Waals surface area contributed by atoms with E-state index in [0.717, 1.165) is 14.5 Å². The Morgan fingerprint density at radius 1 is 1.29 bits per heavy atom. The lowest BCUT2D eigenvalue weighted by Crippen LogP contribution is -2.22.